The van der Waals surface area contributed by atoms with Gasteiger partial charge in [-0.15, -0.1) is 0 Å². The second-order valence-corrected chi connectivity index (χ2v) is 6.80. The summed E-state index contributed by atoms with van der Waals surface area (Å²) >= 11 is 0. The normalized spacial score (nSPS) is 11.3. The first kappa shape index (κ1) is 18.5. The average molecular weight is 378 g/mol. The number of nitrogens with zero attached hydrogens (tertiary/aromatic N) is 2. The van der Waals surface area contributed by atoms with E-state index in [1.54, 1.807) is 12.1 Å². The lowest BCUT2D eigenvalue weighted by Gasteiger charge is -2.13. The van der Waals surface area contributed by atoms with E-state index < -0.39 is 0 Å². The number of benzene rings is 3. The van der Waals surface area contributed by atoms with Gasteiger partial charge >= 0.3 is 0 Å². The Balaban J connectivity index is 1.94. The molecule has 0 aliphatic heterocycles. The van der Waals surface area contributed by atoms with Gasteiger partial charge in [-0.1, -0.05) is 60.7 Å². The number of aromatic nitrogens is 1. The van der Waals surface area contributed by atoms with Crippen molar-refractivity contribution < 1.29 is 4.39 Å². The zero-order valence-electron chi connectivity index (χ0n) is 16.0. The molecule has 2 nitrogen and oxygen atoms in total. The number of hydrogen-bond acceptors (Lipinski definition) is 1. The molecule has 0 aliphatic rings. The summed E-state index contributed by atoms with van der Waals surface area (Å²) in [7, 11) is 0. The van der Waals surface area contributed by atoms with Crippen LogP contribution in [-0.4, -0.2) is 4.57 Å². The van der Waals surface area contributed by atoms with Crippen molar-refractivity contribution in [1.29, 1.82) is 5.26 Å². The predicted molar refractivity (Wildman–Crippen MR) is 116 cm³/mol. The standard InChI is InChI=1S/C26H19FN2/c1-19-16-22(17-23(18-28)20-12-14-24(27)15-13-20)26(21-8-4-2-5-9-21)29(19)25-10-6-3-7-11-25/h2-17H,1H3/b23-17-. The Morgan fingerprint density at radius 2 is 1.52 bits per heavy atom. The first-order chi connectivity index (χ1) is 14.2. The maximum absolute atomic E-state index is 13.3. The monoisotopic (exact) mass is 378 g/mol. The third-order valence-electron chi connectivity index (χ3n) is 4.85. The first-order valence-electron chi connectivity index (χ1n) is 9.38. The van der Waals surface area contributed by atoms with Crippen LogP contribution in [0.3, 0.4) is 0 Å². The van der Waals surface area contributed by atoms with Gasteiger partial charge in [-0.3, -0.25) is 0 Å². The minimum Gasteiger partial charge on any atom is -0.313 e. The molecule has 140 valence electrons. The maximum Gasteiger partial charge on any atom is 0.123 e. The van der Waals surface area contributed by atoms with E-state index >= 15 is 0 Å². The topological polar surface area (TPSA) is 28.7 Å². The highest BCUT2D eigenvalue weighted by Crippen LogP contribution is 2.33. The molecule has 0 fully saturated rings. The molecule has 1 aromatic heterocycles. The van der Waals surface area contributed by atoms with Crippen molar-refractivity contribution in [3.8, 4) is 23.0 Å². The van der Waals surface area contributed by atoms with Crippen LogP contribution in [0.4, 0.5) is 4.39 Å². The molecule has 0 saturated heterocycles. The molecule has 1 heterocycles. The van der Waals surface area contributed by atoms with Crippen LogP contribution in [0.1, 0.15) is 16.8 Å². The number of aryl methyl sites for hydroxylation is 1. The summed E-state index contributed by atoms with van der Waals surface area (Å²) < 4.78 is 15.5. The van der Waals surface area contributed by atoms with Crippen LogP contribution in [0.5, 0.6) is 0 Å². The molecule has 0 amide bonds. The van der Waals surface area contributed by atoms with Crippen LogP contribution in [0.25, 0.3) is 28.6 Å². The summed E-state index contributed by atoms with van der Waals surface area (Å²) in [6.07, 6.45) is 1.88. The quantitative estimate of drug-likeness (QED) is 0.365. The van der Waals surface area contributed by atoms with Crippen molar-refractivity contribution >= 4 is 11.6 Å². The Morgan fingerprint density at radius 3 is 2.14 bits per heavy atom. The summed E-state index contributed by atoms with van der Waals surface area (Å²) in [5.41, 5.74) is 6.33. The zero-order valence-corrected chi connectivity index (χ0v) is 16.0. The molecule has 0 bridgehead atoms. The van der Waals surface area contributed by atoms with Crippen molar-refractivity contribution in [2.45, 2.75) is 6.92 Å². The van der Waals surface area contributed by atoms with Crippen LogP contribution >= 0.6 is 0 Å². The molecular weight excluding hydrogens is 359 g/mol. The van der Waals surface area contributed by atoms with Gasteiger partial charge in [-0.2, -0.15) is 5.26 Å². The molecular formula is C26H19FN2. The Kier molecular flexibility index (Phi) is 5.09. The minimum absolute atomic E-state index is 0.318. The Morgan fingerprint density at radius 1 is 0.897 bits per heavy atom. The van der Waals surface area contributed by atoms with Gasteiger partial charge in [0.25, 0.3) is 0 Å². The van der Waals surface area contributed by atoms with Gasteiger partial charge in [-0.25, -0.2) is 4.39 Å². The number of allylic oxidation sites excluding steroid dienone is 1. The highest BCUT2D eigenvalue weighted by atomic mass is 19.1. The van der Waals surface area contributed by atoms with Gasteiger partial charge in [0.2, 0.25) is 0 Å². The molecule has 3 aromatic carbocycles. The minimum atomic E-state index is -0.318. The lowest BCUT2D eigenvalue weighted by atomic mass is 10.0. The molecule has 0 radical (unpaired) electrons. The van der Waals surface area contributed by atoms with Gasteiger partial charge in [0, 0.05) is 16.9 Å². The molecule has 0 aliphatic carbocycles. The second kappa shape index (κ2) is 8.00. The molecule has 0 N–H and O–H groups in total. The fraction of sp³-hybridized carbons (Fsp3) is 0.0385. The molecule has 0 spiro atoms. The first-order valence-corrected chi connectivity index (χ1v) is 9.38. The summed E-state index contributed by atoms with van der Waals surface area (Å²) in [6, 6.07) is 30.6. The maximum atomic E-state index is 13.3. The number of hydrogen-bond donors (Lipinski definition) is 0. The predicted octanol–water partition coefficient (Wildman–Crippen LogP) is 6.66. The van der Waals surface area contributed by atoms with Crippen LogP contribution in [0, 0.1) is 24.1 Å². The molecule has 4 aromatic rings. The molecule has 3 heteroatoms. The van der Waals surface area contributed by atoms with E-state index in [1.165, 1.54) is 12.1 Å². The van der Waals surface area contributed by atoms with E-state index in [4.69, 9.17) is 0 Å². The van der Waals surface area contributed by atoms with Crippen molar-refractivity contribution in [2.24, 2.45) is 0 Å². The van der Waals surface area contributed by atoms with Gasteiger partial charge < -0.3 is 4.57 Å². The largest absolute Gasteiger partial charge is 0.313 e. The third-order valence-corrected chi connectivity index (χ3v) is 4.85. The Bertz CT molecular complexity index is 1200. The SMILES string of the molecule is Cc1cc(/C=C(/C#N)c2ccc(F)cc2)c(-c2ccccc2)n1-c1ccccc1. The Labute approximate surface area is 169 Å². The molecule has 4 rings (SSSR count). The summed E-state index contributed by atoms with van der Waals surface area (Å²) in [5, 5.41) is 9.75. The van der Waals surface area contributed by atoms with E-state index in [0.717, 1.165) is 28.2 Å². The summed E-state index contributed by atoms with van der Waals surface area (Å²) in [5.74, 6) is -0.318. The number of para-hydroxylation sites is 1. The lowest BCUT2D eigenvalue weighted by Crippen LogP contribution is -1.99. The van der Waals surface area contributed by atoms with E-state index in [1.807, 2.05) is 42.5 Å². The zero-order chi connectivity index (χ0) is 20.2. The second-order valence-electron chi connectivity index (χ2n) is 6.80. The lowest BCUT2D eigenvalue weighted by molar-refractivity contribution is 0.627. The van der Waals surface area contributed by atoms with Gasteiger partial charge in [0.1, 0.15) is 5.82 Å². The molecule has 0 unspecified atom stereocenters. The van der Waals surface area contributed by atoms with Gasteiger partial charge in [0.05, 0.1) is 17.3 Å². The summed E-state index contributed by atoms with van der Waals surface area (Å²) in [6.45, 7) is 2.06. The van der Waals surface area contributed by atoms with E-state index in [9.17, 15) is 9.65 Å². The molecule has 0 saturated carbocycles. The fourth-order valence-electron chi connectivity index (χ4n) is 3.54. The van der Waals surface area contributed by atoms with E-state index in [0.29, 0.717) is 11.1 Å². The smallest absolute Gasteiger partial charge is 0.123 e. The Hall–Kier alpha value is -3.90. The van der Waals surface area contributed by atoms with Crippen molar-refractivity contribution in [1.82, 2.24) is 4.57 Å². The van der Waals surface area contributed by atoms with Crippen LogP contribution in [0.2, 0.25) is 0 Å². The average Bonchev–Trinajstić information content (AvgIpc) is 3.09. The van der Waals surface area contributed by atoms with Gasteiger partial charge in [0.15, 0.2) is 0 Å². The number of rotatable bonds is 4. The van der Waals surface area contributed by atoms with Crippen molar-refractivity contribution in [3.05, 3.63) is 114 Å². The fourth-order valence-corrected chi connectivity index (χ4v) is 3.54. The summed E-state index contributed by atoms with van der Waals surface area (Å²) in [4.78, 5) is 0. The number of nitriles is 1. The molecule has 0 atom stereocenters. The van der Waals surface area contributed by atoms with Crippen LogP contribution < -0.4 is 0 Å². The highest BCUT2D eigenvalue weighted by Gasteiger charge is 2.16. The van der Waals surface area contributed by atoms with Crippen LogP contribution in [0.15, 0.2) is 91.0 Å². The highest BCUT2D eigenvalue weighted by molar-refractivity contribution is 5.93. The van der Waals surface area contributed by atoms with Crippen LogP contribution in [-0.2, 0) is 0 Å². The third kappa shape index (κ3) is 3.74. The van der Waals surface area contributed by atoms with E-state index in [-0.39, 0.29) is 5.82 Å². The van der Waals surface area contributed by atoms with Crippen molar-refractivity contribution in [2.75, 3.05) is 0 Å². The van der Waals surface area contributed by atoms with E-state index in [2.05, 4.69) is 47.9 Å². The van der Waals surface area contributed by atoms with Crippen molar-refractivity contribution in [3.63, 3.8) is 0 Å². The number of halogens is 1. The molecule has 29 heavy (non-hydrogen) atoms. The van der Waals surface area contributed by atoms with Gasteiger partial charge in [-0.05, 0) is 54.5 Å².